The van der Waals surface area contributed by atoms with E-state index in [2.05, 4.69) is 0 Å². The normalized spacial score (nSPS) is 12.2. The highest BCUT2D eigenvalue weighted by molar-refractivity contribution is 7.91. The van der Waals surface area contributed by atoms with Crippen LogP contribution in [0.2, 0.25) is 0 Å². The first-order valence-electron chi connectivity index (χ1n) is 7.33. The van der Waals surface area contributed by atoms with Gasteiger partial charge in [0.05, 0.1) is 9.79 Å². The summed E-state index contributed by atoms with van der Waals surface area (Å²) in [5, 5.41) is 3.99. The molecule has 25 heavy (non-hydrogen) atoms. The Bertz CT molecular complexity index is 1020. The molecular weight excluding hydrogens is 376 g/mol. The number of sulfone groups is 2. The van der Waals surface area contributed by atoms with Crippen LogP contribution in [0.3, 0.4) is 0 Å². The van der Waals surface area contributed by atoms with Crippen molar-refractivity contribution >= 4 is 31.0 Å². The third-order valence-corrected chi connectivity index (χ3v) is 6.85. The number of benzene rings is 2. The predicted octanol–water partition coefficient (Wildman–Crippen LogP) is 3.89. The van der Waals surface area contributed by atoms with Crippen LogP contribution < -0.4 is 0 Å². The first kappa shape index (κ1) is 17.8. The zero-order valence-electron chi connectivity index (χ0n) is 13.6. The summed E-state index contributed by atoms with van der Waals surface area (Å²) >= 11 is 1.54. The molecule has 0 saturated heterocycles. The summed E-state index contributed by atoms with van der Waals surface area (Å²) in [6.07, 6.45) is 2.36. The van der Waals surface area contributed by atoms with E-state index < -0.39 is 19.7 Å². The van der Waals surface area contributed by atoms with Gasteiger partial charge in [-0.05, 0) is 46.2 Å². The molecule has 0 aliphatic carbocycles. The Morgan fingerprint density at radius 1 is 0.600 bits per heavy atom. The van der Waals surface area contributed by atoms with Crippen molar-refractivity contribution in [2.75, 3.05) is 12.5 Å². The van der Waals surface area contributed by atoms with Crippen LogP contribution >= 0.6 is 11.3 Å². The second-order valence-corrected chi connectivity index (χ2v) is 10.6. The summed E-state index contributed by atoms with van der Waals surface area (Å²) in [5.74, 6) is 0. The second kappa shape index (κ2) is 6.40. The lowest BCUT2D eigenvalue weighted by Gasteiger charge is -2.07. The first-order valence-corrected chi connectivity index (χ1v) is 12.1. The van der Waals surface area contributed by atoms with E-state index >= 15 is 0 Å². The Morgan fingerprint density at radius 2 is 0.920 bits per heavy atom. The molecule has 0 N–H and O–H groups in total. The molecule has 0 unspecified atom stereocenters. The standard InChI is InChI=1S/C18H16O4S3/c1-24(19,20)15-7-3-13(4-8-15)17-11-23-12-18(17)14-5-9-16(10-6-14)25(2,21)22/h3-12H,1-2H3. The van der Waals surface area contributed by atoms with Crippen LogP contribution in [0.1, 0.15) is 0 Å². The number of hydrogen-bond acceptors (Lipinski definition) is 5. The fourth-order valence-electron chi connectivity index (χ4n) is 2.51. The molecule has 0 atom stereocenters. The minimum Gasteiger partial charge on any atom is -0.224 e. The smallest absolute Gasteiger partial charge is 0.175 e. The number of hydrogen-bond donors (Lipinski definition) is 0. The van der Waals surface area contributed by atoms with E-state index in [-0.39, 0.29) is 9.79 Å². The number of rotatable bonds is 4. The van der Waals surface area contributed by atoms with E-state index in [1.807, 2.05) is 10.8 Å². The average molecular weight is 393 g/mol. The van der Waals surface area contributed by atoms with E-state index in [0.717, 1.165) is 22.3 Å². The van der Waals surface area contributed by atoms with Gasteiger partial charge in [0, 0.05) is 23.6 Å². The van der Waals surface area contributed by atoms with Gasteiger partial charge in [-0.1, -0.05) is 24.3 Å². The van der Waals surface area contributed by atoms with Gasteiger partial charge in [0.1, 0.15) is 0 Å². The lowest BCUT2D eigenvalue weighted by atomic mass is 9.99. The highest BCUT2D eigenvalue weighted by Crippen LogP contribution is 2.36. The Labute approximate surface area is 151 Å². The van der Waals surface area contributed by atoms with E-state index in [1.165, 1.54) is 23.8 Å². The molecule has 0 aliphatic heterocycles. The molecule has 0 radical (unpaired) electrons. The van der Waals surface area contributed by atoms with Gasteiger partial charge >= 0.3 is 0 Å². The van der Waals surface area contributed by atoms with Crippen LogP contribution in [0.4, 0.5) is 0 Å². The summed E-state index contributed by atoms with van der Waals surface area (Å²) in [7, 11) is -6.45. The molecule has 0 bridgehead atoms. The Hall–Kier alpha value is -1.96. The predicted molar refractivity (Wildman–Crippen MR) is 101 cm³/mol. The molecule has 3 aromatic rings. The van der Waals surface area contributed by atoms with E-state index in [1.54, 1.807) is 48.5 Å². The Balaban J connectivity index is 2.01. The fourth-order valence-corrected chi connectivity index (χ4v) is 4.63. The minimum absolute atomic E-state index is 0.283. The van der Waals surface area contributed by atoms with Crippen molar-refractivity contribution in [3.8, 4) is 22.3 Å². The minimum atomic E-state index is -3.22. The molecule has 0 saturated carbocycles. The van der Waals surface area contributed by atoms with Gasteiger partial charge < -0.3 is 0 Å². The molecule has 0 fully saturated rings. The van der Waals surface area contributed by atoms with Gasteiger partial charge in [-0.15, -0.1) is 0 Å². The molecule has 7 heteroatoms. The monoisotopic (exact) mass is 392 g/mol. The van der Waals surface area contributed by atoms with Crippen molar-refractivity contribution < 1.29 is 16.8 Å². The molecule has 1 heterocycles. The maximum absolute atomic E-state index is 11.6. The van der Waals surface area contributed by atoms with Crippen molar-refractivity contribution in [1.29, 1.82) is 0 Å². The van der Waals surface area contributed by atoms with Gasteiger partial charge in [0.25, 0.3) is 0 Å². The van der Waals surface area contributed by atoms with Crippen LogP contribution in [0, 0.1) is 0 Å². The molecule has 4 nitrogen and oxygen atoms in total. The zero-order valence-corrected chi connectivity index (χ0v) is 16.1. The van der Waals surface area contributed by atoms with E-state index in [9.17, 15) is 16.8 Å². The van der Waals surface area contributed by atoms with Crippen LogP contribution in [-0.2, 0) is 19.7 Å². The molecular formula is C18H16O4S3. The molecule has 0 aliphatic rings. The Morgan fingerprint density at radius 3 is 1.20 bits per heavy atom. The second-order valence-electron chi connectivity index (χ2n) is 5.79. The van der Waals surface area contributed by atoms with Crippen molar-refractivity contribution in [3.05, 3.63) is 59.3 Å². The molecule has 0 spiro atoms. The van der Waals surface area contributed by atoms with Crippen molar-refractivity contribution in [3.63, 3.8) is 0 Å². The Kier molecular flexibility index (Phi) is 4.57. The van der Waals surface area contributed by atoms with E-state index in [0.29, 0.717) is 0 Å². The average Bonchev–Trinajstić information content (AvgIpc) is 3.03. The van der Waals surface area contributed by atoms with Crippen molar-refractivity contribution in [2.45, 2.75) is 9.79 Å². The zero-order chi connectivity index (χ0) is 18.2. The summed E-state index contributed by atoms with van der Waals surface area (Å²) in [6.45, 7) is 0. The van der Waals surface area contributed by atoms with Crippen LogP contribution in [0.15, 0.2) is 69.1 Å². The van der Waals surface area contributed by atoms with Gasteiger partial charge in [-0.25, -0.2) is 16.8 Å². The van der Waals surface area contributed by atoms with Gasteiger partial charge in [-0.2, -0.15) is 11.3 Å². The maximum atomic E-state index is 11.6. The summed E-state index contributed by atoms with van der Waals surface area (Å²) < 4.78 is 46.3. The third-order valence-electron chi connectivity index (χ3n) is 3.85. The number of thiophene rings is 1. The lowest BCUT2D eigenvalue weighted by Crippen LogP contribution is -1.96. The molecule has 0 amide bonds. The van der Waals surface area contributed by atoms with Gasteiger partial charge in [0.2, 0.25) is 0 Å². The fraction of sp³-hybridized carbons (Fsp3) is 0.111. The first-order chi connectivity index (χ1) is 11.7. The largest absolute Gasteiger partial charge is 0.224 e. The van der Waals surface area contributed by atoms with Crippen molar-refractivity contribution in [1.82, 2.24) is 0 Å². The third kappa shape index (κ3) is 3.84. The summed E-state index contributed by atoms with van der Waals surface area (Å²) in [4.78, 5) is 0.566. The molecule has 3 rings (SSSR count). The highest BCUT2D eigenvalue weighted by atomic mass is 32.2. The van der Waals surface area contributed by atoms with Crippen molar-refractivity contribution in [2.24, 2.45) is 0 Å². The molecule has 1 aromatic heterocycles. The lowest BCUT2D eigenvalue weighted by molar-refractivity contribution is 0.600. The molecule has 2 aromatic carbocycles. The molecule has 130 valence electrons. The van der Waals surface area contributed by atoms with Crippen LogP contribution in [0.5, 0.6) is 0 Å². The summed E-state index contributed by atoms with van der Waals surface area (Å²) in [5.41, 5.74) is 3.79. The van der Waals surface area contributed by atoms with Gasteiger partial charge in [-0.3, -0.25) is 0 Å². The highest BCUT2D eigenvalue weighted by Gasteiger charge is 2.12. The topological polar surface area (TPSA) is 68.3 Å². The summed E-state index contributed by atoms with van der Waals surface area (Å²) in [6, 6.07) is 13.5. The SMILES string of the molecule is CS(=O)(=O)c1ccc(-c2cscc2-c2ccc(S(C)(=O)=O)cc2)cc1. The van der Waals surface area contributed by atoms with Crippen LogP contribution in [-0.4, -0.2) is 29.3 Å². The van der Waals surface area contributed by atoms with Gasteiger partial charge in [0.15, 0.2) is 19.7 Å². The van der Waals surface area contributed by atoms with Crippen LogP contribution in [0.25, 0.3) is 22.3 Å². The quantitative estimate of drug-likeness (QED) is 0.675. The van der Waals surface area contributed by atoms with E-state index in [4.69, 9.17) is 0 Å². The maximum Gasteiger partial charge on any atom is 0.175 e.